The molecule has 3 rings (SSSR count). The summed E-state index contributed by atoms with van der Waals surface area (Å²) in [5.41, 5.74) is 0. The molecule has 0 amide bonds. The van der Waals surface area contributed by atoms with E-state index in [9.17, 15) is 0 Å². The van der Waals surface area contributed by atoms with Crippen LogP contribution in [-0.2, 0) is 0 Å². The summed E-state index contributed by atoms with van der Waals surface area (Å²) in [5, 5.41) is 6.19. The van der Waals surface area contributed by atoms with Gasteiger partial charge in [-0.15, -0.1) is 0 Å². The number of nitrogens with zero attached hydrogens (tertiary/aromatic N) is 4. The highest BCUT2D eigenvalue weighted by atomic mass is 15.3. The van der Waals surface area contributed by atoms with Crippen LogP contribution in [0.5, 0.6) is 0 Å². The highest BCUT2D eigenvalue weighted by Gasteiger charge is 2.12. The minimum atomic E-state index is 0.742. The van der Waals surface area contributed by atoms with Gasteiger partial charge in [0.25, 0.3) is 0 Å². The Morgan fingerprint density at radius 1 is 0.938 bits per heavy atom. The Hall–Kier alpha value is -2.24. The zero-order chi connectivity index (χ0) is 10.8. The fourth-order valence-corrected chi connectivity index (χ4v) is 1.63. The van der Waals surface area contributed by atoms with Crippen LogP contribution in [0.2, 0.25) is 0 Å². The van der Waals surface area contributed by atoms with Crippen LogP contribution in [0.3, 0.4) is 0 Å². The Labute approximate surface area is 93.3 Å². The van der Waals surface area contributed by atoms with Gasteiger partial charge in [-0.2, -0.15) is 0 Å². The second-order valence-electron chi connectivity index (χ2n) is 3.53. The van der Waals surface area contributed by atoms with Crippen LogP contribution in [0.15, 0.2) is 37.2 Å². The average molecular weight is 216 g/mol. The fourth-order valence-electron chi connectivity index (χ4n) is 1.63. The third-order valence-electron chi connectivity index (χ3n) is 2.47. The van der Waals surface area contributed by atoms with Crippen molar-refractivity contribution in [1.82, 2.24) is 20.6 Å². The smallest absolute Gasteiger partial charge is 0.155 e. The van der Waals surface area contributed by atoms with E-state index in [1.165, 1.54) is 0 Å². The Morgan fingerprint density at radius 2 is 1.50 bits per heavy atom. The SMILES string of the molecule is C1=CN(c2cncc(N3C=CNC3)n2)CN1. The molecule has 0 aliphatic carbocycles. The summed E-state index contributed by atoms with van der Waals surface area (Å²) in [5.74, 6) is 1.69. The molecule has 6 heteroatoms. The van der Waals surface area contributed by atoms with E-state index in [1.807, 2.05) is 34.6 Å². The highest BCUT2D eigenvalue weighted by Crippen LogP contribution is 2.17. The first-order valence-electron chi connectivity index (χ1n) is 5.09. The van der Waals surface area contributed by atoms with Gasteiger partial charge in [-0.05, 0) is 0 Å². The molecular weight excluding hydrogens is 204 g/mol. The van der Waals surface area contributed by atoms with Crippen LogP contribution in [0.1, 0.15) is 0 Å². The molecule has 6 nitrogen and oxygen atoms in total. The molecule has 0 fully saturated rings. The van der Waals surface area contributed by atoms with Crippen molar-refractivity contribution in [3.05, 3.63) is 37.2 Å². The van der Waals surface area contributed by atoms with Crippen molar-refractivity contribution in [2.45, 2.75) is 0 Å². The lowest BCUT2D eigenvalue weighted by atomic mass is 10.5. The van der Waals surface area contributed by atoms with E-state index in [-0.39, 0.29) is 0 Å². The number of aromatic nitrogens is 2. The van der Waals surface area contributed by atoms with E-state index in [1.54, 1.807) is 12.4 Å². The first kappa shape index (κ1) is 9.02. The van der Waals surface area contributed by atoms with Gasteiger partial charge < -0.3 is 20.4 Å². The number of anilines is 2. The van der Waals surface area contributed by atoms with Crippen LogP contribution >= 0.6 is 0 Å². The second-order valence-corrected chi connectivity index (χ2v) is 3.53. The molecule has 0 spiro atoms. The van der Waals surface area contributed by atoms with Gasteiger partial charge in [0.05, 0.1) is 25.7 Å². The predicted molar refractivity (Wildman–Crippen MR) is 61.3 cm³/mol. The first-order chi connectivity index (χ1) is 7.93. The summed E-state index contributed by atoms with van der Waals surface area (Å²) in [6.45, 7) is 1.48. The van der Waals surface area contributed by atoms with Gasteiger partial charge >= 0.3 is 0 Å². The van der Waals surface area contributed by atoms with E-state index in [0.717, 1.165) is 25.0 Å². The van der Waals surface area contributed by atoms with Crippen molar-refractivity contribution >= 4 is 11.6 Å². The Balaban J connectivity index is 1.87. The number of hydrogen-bond acceptors (Lipinski definition) is 6. The van der Waals surface area contributed by atoms with Gasteiger partial charge in [0.2, 0.25) is 0 Å². The van der Waals surface area contributed by atoms with Gasteiger partial charge in [-0.25, -0.2) is 4.98 Å². The summed E-state index contributed by atoms with van der Waals surface area (Å²) in [4.78, 5) is 12.8. The molecule has 2 aliphatic heterocycles. The maximum atomic E-state index is 4.54. The molecule has 82 valence electrons. The molecule has 1 aromatic rings. The van der Waals surface area contributed by atoms with E-state index >= 15 is 0 Å². The molecule has 3 heterocycles. The second kappa shape index (κ2) is 3.73. The largest absolute Gasteiger partial charge is 0.372 e. The van der Waals surface area contributed by atoms with Crippen molar-refractivity contribution in [2.24, 2.45) is 0 Å². The molecular formula is C10H12N6. The van der Waals surface area contributed by atoms with E-state index in [2.05, 4.69) is 20.6 Å². The quantitative estimate of drug-likeness (QED) is 0.734. The monoisotopic (exact) mass is 216 g/mol. The third-order valence-corrected chi connectivity index (χ3v) is 2.47. The van der Waals surface area contributed by atoms with Crippen molar-refractivity contribution < 1.29 is 0 Å². The van der Waals surface area contributed by atoms with Crippen molar-refractivity contribution in [2.75, 3.05) is 23.1 Å². The molecule has 1 aromatic heterocycles. The first-order valence-corrected chi connectivity index (χ1v) is 5.09. The lowest BCUT2D eigenvalue weighted by Gasteiger charge is -2.17. The molecule has 0 unspecified atom stereocenters. The Morgan fingerprint density at radius 3 is 1.94 bits per heavy atom. The zero-order valence-electron chi connectivity index (χ0n) is 8.67. The Kier molecular flexibility index (Phi) is 2.10. The molecule has 2 aliphatic rings. The minimum Gasteiger partial charge on any atom is -0.372 e. The van der Waals surface area contributed by atoms with Gasteiger partial charge in [-0.1, -0.05) is 0 Å². The molecule has 0 saturated heterocycles. The molecule has 0 radical (unpaired) electrons. The molecule has 0 saturated carbocycles. The standard InChI is InChI=1S/C10H12N6/c1-3-15(7-11-1)9-5-13-6-10(14-9)16-4-2-12-8-16/h1-6,11-12H,7-8H2. The topological polar surface area (TPSA) is 56.3 Å². The minimum absolute atomic E-state index is 0.742. The number of nitrogens with one attached hydrogen (secondary N) is 2. The summed E-state index contributed by atoms with van der Waals surface area (Å²) in [6, 6.07) is 0. The van der Waals surface area contributed by atoms with Crippen LogP contribution in [0.4, 0.5) is 11.6 Å². The number of rotatable bonds is 2. The van der Waals surface area contributed by atoms with E-state index < -0.39 is 0 Å². The highest BCUT2D eigenvalue weighted by molar-refractivity contribution is 5.50. The lowest BCUT2D eigenvalue weighted by molar-refractivity contribution is 0.859. The van der Waals surface area contributed by atoms with Crippen LogP contribution < -0.4 is 20.4 Å². The van der Waals surface area contributed by atoms with Crippen LogP contribution in [0, 0.1) is 0 Å². The third kappa shape index (κ3) is 1.54. The predicted octanol–water partition coefficient (Wildman–Crippen LogP) is 0.153. The summed E-state index contributed by atoms with van der Waals surface area (Å²) >= 11 is 0. The van der Waals surface area contributed by atoms with Crippen LogP contribution in [0.25, 0.3) is 0 Å². The molecule has 16 heavy (non-hydrogen) atoms. The maximum absolute atomic E-state index is 4.54. The lowest BCUT2D eigenvalue weighted by Crippen LogP contribution is -2.24. The van der Waals surface area contributed by atoms with Crippen LogP contribution in [-0.4, -0.2) is 23.3 Å². The fraction of sp³-hybridized carbons (Fsp3) is 0.200. The molecule has 0 bridgehead atoms. The van der Waals surface area contributed by atoms with Crippen molar-refractivity contribution in [3.63, 3.8) is 0 Å². The normalized spacial score (nSPS) is 17.8. The van der Waals surface area contributed by atoms with Gasteiger partial charge in [0, 0.05) is 24.8 Å². The zero-order valence-corrected chi connectivity index (χ0v) is 8.67. The molecule has 0 aromatic carbocycles. The average Bonchev–Trinajstić information content (AvgIpc) is 3.03. The summed E-state index contributed by atoms with van der Waals surface area (Å²) in [7, 11) is 0. The Bertz CT molecular complexity index is 403. The molecule has 2 N–H and O–H groups in total. The summed E-state index contributed by atoms with van der Waals surface area (Å²) in [6.07, 6.45) is 11.2. The summed E-state index contributed by atoms with van der Waals surface area (Å²) < 4.78 is 0. The van der Waals surface area contributed by atoms with Crippen molar-refractivity contribution in [1.29, 1.82) is 0 Å². The van der Waals surface area contributed by atoms with Gasteiger partial charge in [0.15, 0.2) is 11.6 Å². The van der Waals surface area contributed by atoms with Gasteiger partial charge in [-0.3, -0.25) is 4.98 Å². The van der Waals surface area contributed by atoms with Gasteiger partial charge in [0.1, 0.15) is 0 Å². The number of hydrogen-bond donors (Lipinski definition) is 2. The van der Waals surface area contributed by atoms with E-state index in [0.29, 0.717) is 0 Å². The van der Waals surface area contributed by atoms with Crippen molar-refractivity contribution in [3.8, 4) is 0 Å². The van der Waals surface area contributed by atoms with E-state index in [4.69, 9.17) is 0 Å². The maximum Gasteiger partial charge on any atom is 0.155 e. The molecule has 0 atom stereocenters.